The minimum atomic E-state index is -0.110. The van der Waals surface area contributed by atoms with Gasteiger partial charge in [0.2, 0.25) is 0 Å². The molecule has 0 unspecified atom stereocenters. The van der Waals surface area contributed by atoms with Crippen LogP contribution in [0, 0.1) is 0 Å². The number of hydrogen-bond donors (Lipinski definition) is 1. The second-order valence-corrected chi connectivity index (χ2v) is 5.56. The fraction of sp³-hybridized carbons (Fsp3) is 0.375. The van der Waals surface area contributed by atoms with Crippen LogP contribution >= 0.6 is 0 Å². The maximum Gasteiger partial charge on any atom is 0.322 e. The van der Waals surface area contributed by atoms with Crippen molar-refractivity contribution in [2.45, 2.75) is 26.1 Å². The zero-order valence-corrected chi connectivity index (χ0v) is 12.8. The summed E-state index contributed by atoms with van der Waals surface area (Å²) in [5, 5.41) is 7.20. The summed E-state index contributed by atoms with van der Waals surface area (Å²) in [6, 6.07) is 9.36. The Kier molecular flexibility index (Phi) is 4.11. The molecule has 2 atom stereocenters. The average molecular weight is 300 g/mol. The van der Waals surface area contributed by atoms with Crippen molar-refractivity contribution < 1.29 is 9.53 Å². The second-order valence-electron chi connectivity index (χ2n) is 5.56. The van der Waals surface area contributed by atoms with E-state index in [1.165, 1.54) is 0 Å². The van der Waals surface area contributed by atoms with E-state index < -0.39 is 0 Å². The van der Waals surface area contributed by atoms with E-state index in [2.05, 4.69) is 10.4 Å². The molecule has 1 aliphatic heterocycles. The van der Waals surface area contributed by atoms with Gasteiger partial charge in [0.05, 0.1) is 23.6 Å². The summed E-state index contributed by atoms with van der Waals surface area (Å²) in [5.41, 5.74) is 1.58. The molecule has 0 aliphatic carbocycles. The van der Waals surface area contributed by atoms with Gasteiger partial charge in [-0.2, -0.15) is 5.10 Å². The molecule has 0 saturated carbocycles. The molecule has 6 heteroatoms. The van der Waals surface area contributed by atoms with Gasteiger partial charge in [-0.05, 0) is 32.0 Å². The number of hydrogen-bond acceptors (Lipinski definition) is 3. The monoisotopic (exact) mass is 300 g/mol. The number of morpholine rings is 1. The van der Waals surface area contributed by atoms with Gasteiger partial charge in [0.15, 0.2) is 0 Å². The highest BCUT2D eigenvalue weighted by molar-refractivity contribution is 5.91. The van der Waals surface area contributed by atoms with Crippen LogP contribution in [0.15, 0.2) is 42.7 Å². The summed E-state index contributed by atoms with van der Waals surface area (Å²) in [6.45, 7) is 5.15. The first-order chi connectivity index (χ1) is 10.6. The number of para-hydroxylation sites is 2. The lowest BCUT2D eigenvalue weighted by molar-refractivity contribution is -0.0530. The van der Waals surface area contributed by atoms with E-state index in [0.717, 1.165) is 11.4 Å². The van der Waals surface area contributed by atoms with Crippen LogP contribution in [0.1, 0.15) is 13.8 Å². The van der Waals surface area contributed by atoms with Crippen molar-refractivity contribution in [3.8, 4) is 5.69 Å². The summed E-state index contributed by atoms with van der Waals surface area (Å²) in [4.78, 5) is 14.3. The Hall–Kier alpha value is -2.34. The minimum absolute atomic E-state index is 0.0517. The molecule has 22 heavy (non-hydrogen) atoms. The number of nitrogens with one attached hydrogen (secondary N) is 1. The van der Waals surface area contributed by atoms with Gasteiger partial charge < -0.3 is 15.0 Å². The van der Waals surface area contributed by atoms with Gasteiger partial charge in [-0.1, -0.05) is 12.1 Å². The van der Waals surface area contributed by atoms with Crippen molar-refractivity contribution >= 4 is 11.7 Å². The molecule has 3 rings (SSSR count). The molecule has 1 aliphatic rings. The zero-order chi connectivity index (χ0) is 15.5. The number of urea groups is 1. The van der Waals surface area contributed by atoms with Gasteiger partial charge in [-0.3, -0.25) is 0 Å². The number of anilines is 1. The van der Waals surface area contributed by atoms with Crippen LogP contribution in [0.25, 0.3) is 5.69 Å². The normalized spacial score (nSPS) is 21.6. The Morgan fingerprint density at radius 1 is 1.23 bits per heavy atom. The lowest BCUT2D eigenvalue weighted by atomic mass is 10.2. The summed E-state index contributed by atoms with van der Waals surface area (Å²) >= 11 is 0. The molecular formula is C16H20N4O2. The van der Waals surface area contributed by atoms with E-state index in [1.807, 2.05) is 50.4 Å². The first-order valence-corrected chi connectivity index (χ1v) is 7.44. The molecule has 2 heterocycles. The van der Waals surface area contributed by atoms with E-state index in [4.69, 9.17) is 4.74 Å². The molecule has 1 aromatic carbocycles. The van der Waals surface area contributed by atoms with Crippen LogP contribution in [0.5, 0.6) is 0 Å². The summed E-state index contributed by atoms with van der Waals surface area (Å²) in [6.07, 6.45) is 3.67. The van der Waals surface area contributed by atoms with E-state index in [9.17, 15) is 4.79 Å². The molecule has 2 amide bonds. The quantitative estimate of drug-likeness (QED) is 0.927. The Morgan fingerprint density at radius 3 is 2.64 bits per heavy atom. The number of carbonyl (C=O) groups is 1. The SMILES string of the molecule is C[C@@H]1CN(C(=O)Nc2ccccc2-n2cccn2)C[C@@H](C)O1. The van der Waals surface area contributed by atoms with E-state index in [0.29, 0.717) is 13.1 Å². The molecule has 6 nitrogen and oxygen atoms in total. The molecule has 1 N–H and O–H groups in total. The van der Waals surface area contributed by atoms with Crippen molar-refractivity contribution in [1.29, 1.82) is 0 Å². The van der Waals surface area contributed by atoms with Crippen LogP contribution in [-0.4, -0.2) is 46.0 Å². The first kappa shape index (κ1) is 14.6. The number of nitrogens with zero attached hydrogens (tertiary/aromatic N) is 3. The van der Waals surface area contributed by atoms with Crippen molar-refractivity contribution in [2.75, 3.05) is 18.4 Å². The molecule has 2 aromatic rings. The lowest BCUT2D eigenvalue weighted by Gasteiger charge is -2.35. The van der Waals surface area contributed by atoms with Crippen molar-refractivity contribution in [1.82, 2.24) is 14.7 Å². The highest BCUT2D eigenvalue weighted by Crippen LogP contribution is 2.20. The van der Waals surface area contributed by atoms with Crippen molar-refractivity contribution in [3.63, 3.8) is 0 Å². The highest BCUT2D eigenvalue weighted by Gasteiger charge is 2.26. The molecule has 0 bridgehead atoms. The standard InChI is InChI=1S/C16H20N4O2/c1-12-10-19(11-13(2)22-12)16(21)18-14-6-3-4-7-15(14)20-9-5-8-17-20/h3-9,12-13H,10-11H2,1-2H3,(H,18,21)/t12-,13-/m1/s1. The fourth-order valence-corrected chi connectivity index (χ4v) is 2.73. The van der Waals surface area contributed by atoms with Crippen molar-refractivity contribution in [2.24, 2.45) is 0 Å². The van der Waals surface area contributed by atoms with Crippen LogP contribution in [0.2, 0.25) is 0 Å². The predicted molar refractivity (Wildman–Crippen MR) is 84.2 cm³/mol. The maximum absolute atomic E-state index is 12.5. The Labute approximate surface area is 129 Å². The Bertz CT molecular complexity index is 631. The average Bonchev–Trinajstić information content (AvgIpc) is 3.01. The molecule has 1 saturated heterocycles. The third-order valence-corrected chi connectivity index (χ3v) is 3.60. The molecule has 0 radical (unpaired) electrons. The number of benzene rings is 1. The Balaban J connectivity index is 1.77. The number of aromatic nitrogens is 2. The number of rotatable bonds is 2. The second kappa shape index (κ2) is 6.19. The van der Waals surface area contributed by atoms with Crippen LogP contribution < -0.4 is 5.32 Å². The van der Waals surface area contributed by atoms with E-state index in [-0.39, 0.29) is 18.2 Å². The molecule has 1 aromatic heterocycles. The predicted octanol–water partition coefficient (Wildman–Crippen LogP) is 2.51. The van der Waals surface area contributed by atoms with Gasteiger partial charge in [-0.15, -0.1) is 0 Å². The van der Waals surface area contributed by atoms with Crippen LogP contribution in [0.4, 0.5) is 10.5 Å². The van der Waals surface area contributed by atoms with Gasteiger partial charge in [0.25, 0.3) is 0 Å². The summed E-state index contributed by atoms with van der Waals surface area (Å²) < 4.78 is 7.40. The zero-order valence-electron chi connectivity index (χ0n) is 12.8. The molecule has 116 valence electrons. The van der Waals surface area contributed by atoms with Gasteiger partial charge >= 0.3 is 6.03 Å². The smallest absolute Gasteiger partial charge is 0.322 e. The van der Waals surface area contributed by atoms with Crippen LogP contribution in [-0.2, 0) is 4.74 Å². The first-order valence-electron chi connectivity index (χ1n) is 7.44. The summed E-state index contributed by atoms with van der Waals surface area (Å²) in [5.74, 6) is 0. The van der Waals surface area contributed by atoms with Gasteiger partial charge in [-0.25, -0.2) is 9.48 Å². The molecular weight excluding hydrogens is 280 g/mol. The number of carbonyl (C=O) groups excluding carboxylic acids is 1. The number of amides is 2. The molecule has 1 fully saturated rings. The fourth-order valence-electron chi connectivity index (χ4n) is 2.73. The van der Waals surface area contributed by atoms with Gasteiger partial charge in [0, 0.05) is 25.5 Å². The topological polar surface area (TPSA) is 59.4 Å². The molecule has 0 spiro atoms. The van der Waals surface area contributed by atoms with Crippen LogP contribution in [0.3, 0.4) is 0 Å². The largest absolute Gasteiger partial charge is 0.372 e. The third kappa shape index (κ3) is 3.12. The van der Waals surface area contributed by atoms with E-state index >= 15 is 0 Å². The highest BCUT2D eigenvalue weighted by atomic mass is 16.5. The summed E-state index contributed by atoms with van der Waals surface area (Å²) in [7, 11) is 0. The number of ether oxygens (including phenoxy) is 1. The van der Waals surface area contributed by atoms with E-state index in [1.54, 1.807) is 15.8 Å². The van der Waals surface area contributed by atoms with Crippen molar-refractivity contribution in [3.05, 3.63) is 42.7 Å². The van der Waals surface area contributed by atoms with Gasteiger partial charge in [0.1, 0.15) is 0 Å². The Morgan fingerprint density at radius 2 is 1.95 bits per heavy atom. The third-order valence-electron chi connectivity index (χ3n) is 3.60. The minimum Gasteiger partial charge on any atom is -0.372 e. The maximum atomic E-state index is 12.5. The lowest BCUT2D eigenvalue weighted by Crippen LogP contribution is -2.49.